The van der Waals surface area contributed by atoms with E-state index in [-0.39, 0.29) is 11.5 Å². The highest BCUT2D eigenvalue weighted by molar-refractivity contribution is 5.43. The highest BCUT2D eigenvalue weighted by atomic mass is 16.3. The monoisotopic (exact) mass is 384 g/mol. The van der Waals surface area contributed by atoms with Gasteiger partial charge in [0.2, 0.25) is 0 Å². The van der Waals surface area contributed by atoms with E-state index < -0.39 is 0 Å². The van der Waals surface area contributed by atoms with Gasteiger partial charge in [-0.25, -0.2) is 0 Å². The Labute approximate surface area is 174 Å². The molecule has 0 spiro atoms. The molecule has 0 amide bonds. The van der Waals surface area contributed by atoms with Crippen molar-refractivity contribution < 1.29 is 5.11 Å². The highest BCUT2D eigenvalue weighted by Gasteiger charge is 2.54. The predicted octanol–water partition coefficient (Wildman–Crippen LogP) is 7.45. The topological polar surface area (TPSA) is 20.2 Å². The Kier molecular flexibility index (Phi) is 5.62. The van der Waals surface area contributed by atoms with Gasteiger partial charge in [-0.1, -0.05) is 76.7 Å². The zero-order valence-corrected chi connectivity index (χ0v) is 19.2. The Hall–Kier alpha value is -0.560. The molecule has 4 aliphatic rings. The van der Waals surface area contributed by atoms with Gasteiger partial charge in [0.1, 0.15) is 0 Å². The summed E-state index contributed by atoms with van der Waals surface area (Å²) in [5.41, 5.74) is 6.02. The van der Waals surface area contributed by atoms with Gasteiger partial charge in [-0.3, -0.25) is 0 Å². The molecule has 1 nitrogen and oxygen atoms in total. The molecule has 1 heteroatoms. The Morgan fingerprint density at radius 3 is 2.61 bits per heavy atom. The quantitative estimate of drug-likeness (QED) is 0.488. The molecule has 0 aliphatic heterocycles. The summed E-state index contributed by atoms with van der Waals surface area (Å²) >= 11 is 0. The van der Waals surface area contributed by atoms with Crippen LogP contribution < -0.4 is 0 Å². The van der Waals surface area contributed by atoms with Crippen LogP contribution in [-0.2, 0) is 0 Å². The molecule has 0 aromatic carbocycles. The lowest BCUT2D eigenvalue weighted by atomic mass is 9.53. The summed E-state index contributed by atoms with van der Waals surface area (Å²) < 4.78 is 0. The Morgan fingerprint density at radius 2 is 1.86 bits per heavy atom. The fourth-order valence-electron chi connectivity index (χ4n) is 7.92. The molecule has 5 unspecified atom stereocenters. The molecular weight excluding hydrogens is 340 g/mol. The zero-order chi connectivity index (χ0) is 20.1. The number of aliphatic hydroxyl groups is 1. The van der Waals surface area contributed by atoms with Gasteiger partial charge in [-0.15, -0.1) is 0 Å². The van der Waals surface area contributed by atoms with Crippen molar-refractivity contribution in [1.29, 1.82) is 0 Å². The number of aliphatic hydroxyl groups excluding tert-OH is 1. The summed E-state index contributed by atoms with van der Waals surface area (Å²) in [5.74, 6) is 3.48. The van der Waals surface area contributed by atoms with E-state index >= 15 is 0 Å². The Balaban J connectivity index is 1.53. The largest absolute Gasteiger partial charge is 0.393 e. The zero-order valence-electron chi connectivity index (χ0n) is 19.2. The van der Waals surface area contributed by atoms with Gasteiger partial charge in [-0.2, -0.15) is 0 Å². The normalized spacial score (nSPS) is 41.4. The summed E-state index contributed by atoms with van der Waals surface area (Å²) in [4.78, 5) is 0. The Bertz CT molecular complexity index is 655. The maximum absolute atomic E-state index is 10.2. The molecule has 4 rings (SSSR count). The van der Waals surface area contributed by atoms with Gasteiger partial charge < -0.3 is 5.11 Å². The minimum absolute atomic E-state index is 0.0992. The van der Waals surface area contributed by atoms with Gasteiger partial charge in [0.05, 0.1) is 6.10 Å². The van der Waals surface area contributed by atoms with Gasteiger partial charge in [0, 0.05) is 5.41 Å². The van der Waals surface area contributed by atoms with E-state index in [1.807, 2.05) is 11.1 Å². The molecule has 0 radical (unpaired) electrons. The molecule has 0 saturated heterocycles. The first-order valence-electron chi connectivity index (χ1n) is 12.4. The summed E-state index contributed by atoms with van der Waals surface area (Å²) in [7, 11) is 0. The lowest BCUT2D eigenvalue weighted by Crippen LogP contribution is -2.41. The van der Waals surface area contributed by atoms with Crippen molar-refractivity contribution in [2.24, 2.45) is 34.5 Å². The molecule has 2 saturated carbocycles. The molecular formula is C27H44O. The molecule has 28 heavy (non-hydrogen) atoms. The lowest BCUT2D eigenvalue weighted by molar-refractivity contribution is 0.0864. The minimum Gasteiger partial charge on any atom is -0.393 e. The molecule has 158 valence electrons. The summed E-state index contributed by atoms with van der Waals surface area (Å²) in [6.45, 7) is 12.4. The SMILES string of the molecule is CC(C)CCCC(C)C1CCC2C3=C(CCC21C)C1(C)CC[C@H](O)CC1=CC3. The van der Waals surface area contributed by atoms with Crippen molar-refractivity contribution in [2.75, 3.05) is 0 Å². The van der Waals surface area contributed by atoms with Crippen LogP contribution in [0.1, 0.15) is 105 Å². The van der Waals surface area contributed by atoms with E-state index in [0.717, 1.165) is 42.9 Å². The maximum atomic E-state index is 10.2. The van der Waals surface area contributed by atoms with Crippen LogP contribution >= 0.6 is 0 Å². The molecule has 1 N–H and O–H groups in total. The maximum Gasteiger partial charge on any atom is 0.0578 e. The first-order valence-corrected chi connectivity index (χ1v) is 12.4. The first-order chi connectivity index (χ1) is 13.3. The van der Waals surface area contributed by atoms with Crippen molar-refractivity contribution in [3.63, 3.8) is 0 Å². The van der Waals surface area contributed by atoms with Crippen LogP contribution in [-0.4, -0.2) is 11.2 Å². The molecule has 0 bridgehead atoms. The average Bonchev–Trinajstić information content (AvgIpc) is 2.99. The van der Waals surface area contributed by atoms with Gasteiger partial charge in [0.25, 0.3) is 0 Å². The van der Waals surface area contributed by atoms with E-state index in [4.69, 9.17) is 0 Å². The molecule has 4 aliphatic carbocycles. The van der Waals surface area contributed by atoms with E-state index in [1.54, 1.807) is 5.57 Å². The highest BCUT2D eigenvalue weighted by Crippen LogP contribution is 2.64. The lowest BCUT2D eigenvalue weighted by Gasteiger charge is -2.52. The van der Waals surface area contributed by atoms with Crippen LogP contribution in [0.2, 0.25) is 0 Å². The van der Waals surface area contributed by atoms with Gasteiger partial charge in [0.15, 0.2) is 0 Å². The second-order valence-corrected chi connectivity index (χ2v) is 11.7. The molecule has 0 aromatic rings. The third-order valence-corrected chi connectivity index (χ3v) is 9.64. The third kappa shape index (κ3) is 3.34. The molecule has 0 heterocycles. The molecule has 0 aromatic heterocycles. The number of allylic oxidation sites excluding steroid dienone is 3. The standard InChI is InChI=1S/C27H44O/c1-18(2)7-6-8-19(3)23-11-12-24-22-10-9-20-17-21(28)13-15-26(20,4)25(22)14-16-27(23,24)5/h9,18-19,21,23-24,28H,6-8,10-17H2,1-5H3/t19?,21-,23?,24?,26?,27?/m0/s1. The third-order valence-electron chi connectivity index (χ3n) is 9.64. The van der Waals surface area contributed by atoms with Crippen LogP contribution in [0.3, 0.4) is 0 Å². The fraction of sp³-hybridized carbons (Fsp3) is 0.852. The van der Waals surface area contributed by atoms with E-state index in [2.05, 4.69) is 40.7 Å². The average molecular weight is 385 g/mol. The van der Waals surface area contributed by atoms with Crippen molar-refractivity contribution in [3.8, 4) is 0 Å². The van der Waals surface area contributed by atoms with Crippen LogP contribution in [0.5, 0.6) is 0 Å². The molecule has 6 atom stereocenters. The fourth-order valence-corrected chi connectivity index (χ4v) is 7.92. The van der Waals surface area contributed by atoms with E-state index in [9.17, 15) is 5.11 Å². The minimum atomic E-state index is -0.0992. The predicted molar refractivity (Wildman–Crippen MR) is 119 cm³/mol. The Morgan fingerprint density at radius 1 is 1.07 bits per heavy atom. The molecule has 2 fully saturated rings. The number of hydrogen-bond acceptors (Lipinski definition) is 1. The summed E-state index contributed by atoms with van der Waals surface area (Å²) in [5, 5.41) is 10.2. The smallest absolute Gasteiger partial charge is 0.0578 e. The van der Waals surface area contributed by atoms with Crippen molar-refractivity contribution >= 4 is 0 Å². The van der Waals surface area contributed by atoms with Gasteiger partial charge in [-0.05, 0) is 80.5 Å². The van der Waals surface area contributed by atoms with Crippen molar-refractivity contribution in [1.82, 2.24) is 0 Å². The van der Waals surface area contributed by atoms with Crippen molar-refractivity contribution in [2.45, 2.75) is 111 Å². The van der Waals surface area contributed by atoms with Crippen LogP contribution in [0.15, 0.2) is 22.8 Å². The van der Waals surface area contributed by atoms with Crippen LogP contribution in [0, 0.1) is 34.5 Å². The number of rotatable bonds is 5. The second kappa shape index (κ2) is 7.60. The van der Waals surface area contributed by atoms with Crippen LogP contribution in [0.25, 0.3) is 0 Å². The summed E-state index contributed by atoms with van der Waals surface area (Å²) in [6, 6.07) is 0. The second-order valence-electron chi connectivity index (χ2n) is 11.7. The van der Waals surface area contributed by atoms with Crippen molar-refractivity contribution in [3.05, 3.63) is 22.8 Å². The number of hydrogen-bond donors (Lipinski definition) is 1. The van der Waals surface area contributed by atoms with Gasteiger partial charge >= 0.3 is 0 Å². The van der Waals surface area contributed by atoms with E-state index in [0.29, 0.717) is 5.41 Å². The van der Waals surface area contributed by atoms with Crippen LogP contribution in [0.4, 0.5) is 0 Å². The first kappa shape index (κ1) is 20.7. The number of fused-ring (bicyclic) bond motifs is 4. The van der Waals surface area contributed by atoms with E-state index in [1.165, 1.54) is 51.4 Å². The summed E-state index contributed by atoms with van der Waals surface area (Å²) in [6.07, 6.45) is 16.5.